The van der Waals surface area contributed by atoms with Crippen molar-refractivity contribution in [3.8, 4) is 0 Å². The van der Waals surface area contributed by atoms with Gasteiger partial charge in [-0.1, -0.05) is 12.2 Å². The first kappa shape index (κ1) is 17.8. The third-order valence-electron chi connectivity index (χ3n) is 4.34. The van der Waals surface area contributed by atoms with E-state index in [2.05, 4.69) is 4.90 Å². The normalized spacial score (nSPS) is 21.2. The number of rotatable bonds is 3. The fraction of sp³-hybridized carbons (Fsp3) is 0.444. The van der Waals surface area contributed by atoms with Crippen LogP contribution in [0.1, 0.15) is 36.7 Å². The van der Waals surface area contributed by atoms with Crippen LogP contribution in [0, 0.1) is 0 Å². The molecule has 130 valence electrons. The van der Waals surface area contributed by atoms with Crippen molar-refractivity contribution in [2.75, 3.05) is 25.1 Å². The molecule has 24 heavy (non-hydrogen) atoms. The zero-order chi connectivity index (χ0) is 17.9. The molecule has 2 rings (SSSR count). The maximum absolute atomic E-state index is 11.8. The van der Waals surface area contributed by atoms with E-state index in [0.29, 0.717) is 18.7 Å². The zero-order valence-corrected chi connectivity index (χ0v) is 14.5. The summed E-state index contributed by atoms with van der Waals surface area (Å²) in [5.74, 6) is -0.371. The Morgan fingerprint density at radius 3 is 2.54 bits per heavy atom. The van der Waals surface area contributed by atoms with Gasteiger partial charge >= 0.3 is 12.1 Å². The van der Waals surface area contributed by atoms with Gasteiger partial charge in [0.05, 0.1) is 12.7 Å². The van der Waals surface area contributed by atoms with E-state index in [0.717, 1.165) is 11.3 Å². The topological polar surface area (TPSA) is 70.1 Å². The van der Waals surface area contributed by atoms with E-state index in [4.69, 9.17) is 4.74 Å². The molecule has 1 amide bonds. The molecule has 1 aromatic carbocycles. The van der Waals surface area contributed by atoms with Crippen LogP contribution in [0.3, 0.4) is 0 Å². The second kappa shape index (κ2) is 7.38. The molecular formula is C18H24N2O4. The van der Waals surface area contributed by atoms with E-state index < -0.39 is 6.09 Å². The fourth-order valence-electron chi connectivity index (χ4n) is 3.10. The highest BCUT2D eigenvalue weighted by Crippen LogP contribution is 2.29. The lowest BCUT2D eigenvalue weighted by Crippen LogP contribution is -2.58. The zero-order valence-electron chi connectivity index (χ0n) is 14.5. The van der Waals surface area contributed by atoms with Crippen LogP contribution in [0.15, 0.2) is 24.3 Å². The highest BCUT2D eigenvalue weighted by Gasteiger charge is 2.32. The van der Waals surface area contributed by atoms with Gasteiger partial charge in [-0.2, -0.15) is 0 Å². The smallest absolute Gasteiger partial charge is 0.407 e. The minimum absolute atomic E-state index is 0.0466. The molecule has 6 nitrogen and oxygen atoms in total. The van der Waals surface area contributed by atoms with Gasteiger partial charge in [-0.25, -0.2) is 9.59 Å². The van der Waals surface area contributed by atoms with Crippen LogP contribution in [-0.2, 0) is 4.74 Å². The average molecular weight is 332 g/mol. The molecule has 1 N–H and O–H groups in total. The Labute approximate surface area is 142 Å². The summed E-state index contributed by atoms with van der Waals surface area (Å²) >= 11 is 0. The number of amides is 1. The Bertz CT molecular complexity index is 656. The summed E-state index contributed by atoms with van der Waals surface area (Å²) in [7, 11) is 1.36. The molecule has 0 spiro atoms. The second-order valence-electron chi connectivity index (χ2n) is 6.05. The number of benzene rings is 1. The summed E-state index contributed by atoms with van der Waals surface area (Å²) in [4.78, 5) is 26.7. The first-order chi connectivity index (χ1) is 11.4. The van der Waals surface area contributed by atoms with E-state index in [1.807, 2.05) is 45.1 Å². The van der Waals surface area contributed by atoms with Crippen LogP contribution in [0.2, 0.25) is 0 Å². The largest absolute Gasteiger partial charge is 0.465 e. The van der Waals surface area contributed by atoms with Gasteiger partial charge in [-0.15, -0.1) is 0 Å². The van der Waals surface area contributed by atoms with Crippen LogP contribution >= 0.6 is 0 Å². The average Bonchev–Trinajstić information content (AvgIpc) is 2.56. The monoisotopic (exact) mass is 332 g/mol. The number of carbonyl (C=O) groups is 2. The molecule has 0 radical (unpaired) electrons. The number of ether oxygens (including phenoxy) is 1. The van der Waals surface area contributed by atoms with Crippen LogP contribution in [0.25, 0.3) is 6.08 Å². The standard InChI is InChI=1S/C18H24N2O4/c1-5-6-14-9-15(17(21)24-4)7-8-16(14)19-10-13(3)20(18(22)23)11-12(19)2/h5-9,12-13H,10-11H2,1-4H3,(H,22,23)/t12-,13+/m0/s1. The van der Waals surface area contributed by atoms with E-state index in [9.17, 15) is 14.7 Å². The van der Waals surface area contributed by atoms with Crippen LogP contribution in [0.5, 0.6) is 0 Å². The van der Waals surface area contributed by atoms with Crippen molar-refractivity contribution < 1.29 is 19.4 Å². The van der Waals surface area contributed by atoms with Crippen molar-refractivity contribution in [2.24, 2.45) is 0 Å². The number of hydrogen-bond donors (Lipinski definition) is 1. The minimum atomic E-state index is -0.885. The molecule has 0 unspecified atom stereocenters. The van der Waals surface area contributed by atoms with Crippen LogP contribution in [0.4, 0.5) is 10.5 Å². The molecule has 1 aliphatic rings. The Kier molecular flexibility index (Phi) is 5.49. The van der Waals surface area contributed by atoms with Gasteiger partial charge in [0.2, 0.25) is 0 Å². The Morgan fingerprint density at radius 1 is 1.25 bits per heavy atom. The summed E-state index contributed by atoms with van der Waals surface area (Å²) in [6.45, 7) is 6.89. The van der Waals surface area contributed by atoms with Gasteiger partial charge in [0.25, 0.3) is 0 Å². The first-order valence-electron chi connectivity index (χ1n) is 8.00. The number of anilines is 1. The number of nitrogens with zero attached hydrogens (tertiary/aromatic N) is 2. The molecule has 1 aliphatic heterocycles. The van der Waals surface area contributed by atoms with E-state index in [1.54, 1.807) is 6.07 Å². The summed E-state index contributed by atoms with van der Waals surface area (Å²) in [6.07, 6.45) is 2.98. The molecule has 0 saturated carbocycles. The maximum atomic E-state index is 11.8. The molecule has 6 heteroatoms. The molecule has 2 atom stereocenters. The van der Waals surface area contributed by atoms with E-state index in [-0.39, 0.29) is 18.1 Å². The summed E-state index contributed by atoms with van der Waals surface area (Å²) in [5, 5.41) is 9.29. The van der Waals surface area contributed by atoms with Crippen molar-refractivity contribution in [3.63, 3.8) is 0 Å². The third kappa shape index (κ3) is 3.53. The van der Waals surface area contributed by atoms with Crippen molar-refractivity contribution in [3.05, 3.63) is 35.4 Å². The Morgan fingerprint density at radius 2 is 1.96 bits per heavy atom. The molecular weight excluding hydrogens is 308 g/mol. The van der Waals surface area contributed by atoms with Crippen molar-refractivity contribution in [2.45, 2.75) is 32.9 Å². The Balaban J connectivity index is 2.37. The molecule has 1 heterocycles. The summed E-state index contributed by atoms with van der Waals surface area (Å²) < 4.78 is 4.78. The van der Waals surface area contributed by atoms with E-state index in [1.165, 1.54) is 12.0 Å². The number of hydrogen-bond acceptors (Lipinski definition) is 4. The van der Waals surface area contributed by atoms with Gasteiger partial charge < -0.3 is 19.6 Å². The van der Waals surface area contributed by atoms with Gasteiger partial charge in [0, 0.05) is 30.9 Å². The van der Waals surface area contributed by atoms with E-state index >= 15 is 0 Å². The molecule has 1 fully saturated rings. The maximum Gasteiger partial charge on any atom is 0.407 e. The lowest BCUT2D eigenvalue weighted by atomic mass is 10.0. The quantitative estimate of drug-likeness (QED) is 0.861. The molecule has 1 aromatic rings. The predicted octanol–water partition coefficient (Wildman–Crippen LogP) is 3.08. The van der Waals surface area contributed by atoms with Crippen molar-refractivity contribution >= 4 is 23.8 Å². The highest BCUT2D eigenvalue weighted by atomic mass is 16.5. The van der Waals surface area contributed by atoms with Gasteiger partial charge in [0.1, 0.15) is 0 Å². The van der Waals surface area contributed by atoms with Gasteiger partial charge in [-0.05, 0) is 44.5 Å². The number of allylic oxidation sites excluding steroid dienone is 1. The summed E-state index contributed by atoms with van der Waals surface area (Å²) in [6, 6.07) is 5.40. The number of carboxylic acid groups (broad SMARTS) is 1. The fourth-order valence-corrected chi connectivity index (χ4v) is 3.10. The second-order valence-corrected chi connectivity index (χ2v) is 6.05. The lowest BCUT2D eigenvalue weighted by Gasteiger charge is -2.44. The molecule has 1 saturated heterocycles. The number of piperazine rings is 1. The Hall–Kier alpha value is -2.50. The molecule has 0 bridgehead atoms. The SMILES string of the molecule is CC=Cc1cc(C(=O)OC)ccc1N1C[C@@H](C)N(C(=O)O)C[C@@H]1C. The third-order valence-corrected chi connectivity index (χ3v) is 4.34. The number of carbonyl (C=O) groups excluding carboxylic acids is 1. The van der Waals surface area contributed by atoms with Gasteiger partial charge in [0.15, 0.2) is 0 Å². The number of methoxy groups -OCH3 is 1. The minimum Gasteiger partial charge on any atom is -0.465 e. The highest BCUT2D eigenvalue weighted by molar-refractivity contribution is 5.91. The van der Waals surface area contributed by atoms with Crippen LogP contribution in [-0.4, -0.2) is 54.4 Å². The van der Waals surface area contributed by atoms with Crippen molar-refractivity contribution in [1.82, 2.24) is 4.90 Å². The molecule has 0 aliphatic carbocycles. The molecule has 0 aromatic heterocycles. The van der Waals surface area contributed by atoms with Gasteiger partial charge in [-0.3, -0.25) is 0 Å². The lowest BCUT2D eigenvalue weighted by molar-refractivity contribution is 0.0600. The number of esters is 1. The first-order valence-corrected chi connectivity index (χ1v) is 8.00. The predicted molar refractivity (Wildman–Crippen MR) is 93.5 cm³/mol. The van der Waals surface area contributed by atoms with Crippen LogP contribution < -0.4 is 4.90 Å². The van der Waals surface area contributed by atoms with Crippen molar-refractivity contribution in [1.29, 1.82) is 0 Å². The summed E-state index contributed by atoms with van der Waals surface area (Å²) in [5.41, 5.74) is 2.41.